The van der Waals surface area contributed by atoms with Crippen LogP contribution in [-0.4, -0.2) is 17.0 Å². The van der Waals surface area contributed by atoms with Gasteiger partial charge in [0, 0.05) is 0 Å². The zero-order chi connectivity index (χ0) is 17.5. The molecule has 0 fully saturated rings. The summed E-state index contributed by atoms with van der Waals surface area (Å²) in [5, 5.41) is 9.30. The highest BCUT2D eigenvalue weighted by Gasteiger charge is 2.43. The summed E-state index contributed by atoms with van der Waals surface area (Å²) in [6.07, 6.45) is 0.854. The number of rotatable bonds is 9. The van der Waals surface area contributed by atoms with E-state index in [0.717, 1.165) is 5.56 Å². The van der Waals surface area contributed by atoms with Crippen molar-refractivity contribution in [2.24, 2.45) is 17.3 Å². The van der Waals surface area contributed by atoms with Gasteiger partial charge >= 0.3 is 11.9 Å². The molecule has 0 saturated carbocycles. The summed E-state index contributed by atoms with van der Waals surface area (Å²) < 4.78 is 5.49. The molecule has 0 radical (unpaired) electrons. The first-order valence-corrected chi connectivity index (χ1v) is 8.18. The Labute approximate surface area is 138 Å². The van der Waals surface area contributed by atoms with Crippen molar-refractivity contribution in [3.05, 3.63) is 35.9 Å². The van der Waals surface area contributed by atoms with Crippen LogP contribution in [0.1, 0.15) is 52.5 Å². The summed E-state index contributed by atoms with van der Waals surface area (Å²) in [5.74, 6) is -0.913. The van der Waals surface area contributed by atoms with Crippen LogP contribution in [0.5, 0.6) is 0 Å². The molecule has 1 aromatic rings. The third-order valence-electron chi connectivity index (χ3n) is 3.73. The predicted molar refractivity (Wildman–Crippen MR) is 89.8 cm³/mol. The van der Waals surface area contributed by atoms with Gasteiger partial charge in [-0.2, -0.15) is 0 Å². The first kappa shape index (κ1) is 19.2. The third-order valence-corrected chi connectivity index (χ3v) is 3.73. The molecule has 0 amide bonds. The first-order chi connectivity index (χ1) is 10.7. The van der Waals surface area contributed by atoms with Crippen molar-refractivity contribution in [1.82, 2.24) is 0 Å². The molecule has 1 rings (SSSR count). The quantitative estimate of drug-likeness (QED) is 0.690. The fraction of sp³-hybridized carbons (Fsp3) is 0.579. The molecule has 0 aromatic heterocycles. The van der Waals surface area contributed by atoms with E-state index in [1.165, 1.54) is 0 Å². The monoisotopic (exact) mass is 320 g/mol. The number of hydrogen-bond acceptors (Lipinski definition) is 3. The molecule has 4 nitrogen and oxygen atoms in total. The van der Waals surface area contributed by atoms with Crippen LogP contribution in [-0.2, 0) is 20.9 Å². The average Bonchev–Trinajstić information content (AvgIpc) is 2.43. The second kappa shape index (κ2) is 8.70. The third kappa shape index (κ3) is 6.43. The van der Waals surface area contributed by atoms with Gasteiger partial charge in [0.1, 0.15) is 6.61 Å². The van der Waals surface area contributed by atoms with E-state index in [4.69, 9.17) is 4.74 Å². The number of hydrogen-bond donors (Lipinski definition) is 1. The average molecular weight is 320 g/mol. The van der Waals surface area contributed by atoms with Gasteiger partial charge in [-0.25, -0.2) is 0 Å². The molecule has 0 atom stereocenters. The largest absolute Gasteiger partial charge is 0.481 e. The summed E-state index contributed by atoms with van der Waals surface area (Å²) in [6, 6.07) is 9.44. The maximum atomic E-state index is 12.8. The zero-order valence-electron chi connectivity index (χ0n) is 14.5. The molecule has 0 saturated heterocycles. The molecule has 23 heavy (non-hydrogen) atoms. The van der Waals surface area contributed by atoms with Crippen LogP contribution >= 0.6 is 0 Å². The Balaban J connectivity index is 2.94. The lowest BCUT2D eigenvalue weighted by molar-refractivity contribution is -0.165. The molecule has 0 unspecified atom stereocenters. The van der Waals surface area contributed by atoms with E-state index in [1.807, 2.05) is 58.0 Å². The lowest BCUT2D eigenvalue weighted by atomic mass is 9.72. The lowest BCUT2D eigenvalue weighted by Crippen LogP contribution is -2.38. The lowest BCUT2D eigenvalue weighted by Gasteiger charge is -2.33. The summed E-state index contributed by atoms with van der Waals surface area (Å²) in [7, 11) is 0. The van der Waals surface area contributed by atoms with Gasteiger partial charge in [-0.3, -0.25) is 9.59 Å². The van der Waals surface area contributed by atoms with Crippen molar-refractivity contribution in [3.8, 4) is 0 Å². The van der Waals surface area contributed by atoms with Crippen LogP contribution in [0.25, 0.3) is 0 Å². The SMILES string of the molecule is CC(C)CC(CC(=O)O)(CC(C)C)C(=O)OCc1ccccc1. The Kier molecular flexibility index (Phi) is 7.27. The molecule has 0 aliphatic rings. The minimum absolute atomic E-state index is 0.178. The molecular weight excluding hydrogens is 292 g/mol. The van der Waals surface area contributed by atoms with Crippen molar-refractivity contribution in [2.75, 3.05) is 0 Å². The highest BCUT2D eigenvalue weighted by Crippen LogP contribution is 2.39. The Bertz CT molecular complexity index is 495. The molecule has 0 heterocycles. The normalized spacial score (nSPS) is 11.7. The number of esters is 1. The standard InChI is InChI=1S/C19H28O4/c1-14(2)10-19(11-15(3)4,12-17(20)21)18(22)23-13-16-8-6-5-7-9-16/h5-9,14-15H,10-13H2,1-4H3,(H,20,21). The van der Waals surface area contributed by atoms with Crippen molar-refractivity contribution < 1.29 is 19.4 Å². The van der Waals surface area contributed by atoms with Crippen molar-refractivity contribution in [3.63, 3.8) is 0 Å². The van der Waals surface area contributed by atoms with Crippen LogP contribution in [0, 0.1) is 17.3 Å². The van der Waals surface area contributed by atoms with Crippen LogP contribution in [0.3, 0.4) is 0 Å². The van der Waals surface area contributed by atoms with E-state index in [2.05, 4.69) is 0 Å². The van der Waals surface area contributed by atoms with E-state index >= 15 is 0 Å². The van der Waals surface area contributed by atoms with Gasteiger partial charge in [-0.05, 0) is 30.2 Å². The van der Waals surface area contributed by atoms with Crippen molar-refractivity contribution in [1.29, 1.82) is 0 Å². The molecule has 4 heteroatoms. The molecular formula is C19H28O4. The maximum Gasteiger partial charge on any atom is 0.313 e. The van der Waals surface area contributed by atoms with Crippen LogP contribution in [0.2, 0.25) is 0 Å². The molecule has 0 aliphatic carbocycles. The summed E-state index contributed by atoms with van der Waals surface area (Å²) in [5.41, 5.74) is -0.0534. The van der Waals surface area contributed by atoms with E-state index in [-0.39, 0.29) is 24.9 Å². The summed E-state index contributed by atoms with van der Waals surface area (Å²) >= 11 is 0. The second-order valence-corrected chi connectivity index (χ2v) is 7.11. The highest BCUT2D eigenvalue weighted by atomic mass is 16.5. The Hall–Kier alpha value is -1.84. The molecule has 1 N–H and O–H groups in total. The Morgan fingerprint density at radius 1 is 1.04 bits per heavy atom. The second-order valence-electron chi connectivity index (χ2n) is 7.11. The minimum atomic E-state index is -0.956. The van der Waals surface area contributed by atoms with Crippen LogP contribution in [0.4, 0.5) is 0 Å². The van der Waals surface area contributed by atoms with Gasteiger partial charge in [0.2, 0.25) is 0 Å². The topological polar surface area (TPSA) is 63.6 Å². The summed E-state index contributed by atoms with van der Waals surface area (Å²) in [4.78, 5) is 24.1. The minimum Gasteiger partial charge on any atom is -0.481 e. The van der Waals surface area contributed by atoms with E-state index < -0.39 is 17.4 Å². The van der Waals surface area contributed by atoms with Gasteiger partial charge < -0.3 is 9.84 Å². The van der Waals surface area contributed by atoms with Gasteiger partial charge in [-0.15, -0.1) is 0 Å². The molecule has 0 bridgehead atoms. The number of ether oxygens (including phenoxy) is 1. The number of carbonyl (C=O) groups excluding carboxylic acids is 1. The Morgan fingerprint density at radius 2 is 1.57 bits per heavy atom. The fourth-order valence-corrected chi connectivity index (χ4v) is 3.20. The van der Waals surface area contributed by atoms with Gasteiger partial charge in [0.05, 0.1) is 11.8 Å². The van der Waals surface area contributed by atoms with Crippen molar-refractivity contribution in [2.45, 2.75) is 53.6 Å². The van der Waals surface area contributed by atoms with Crippen LogP contribution in [0.15, 0.2) is 30.3 Å². The fourth-order valence-electron chi connectivity index (χ4n) is 3.20. The molecule has 1 aromatic carbocycles. The molecule has 128 valence electrons. The van der Waals surface area contributed by atoms with E-state index in [0.29, 0.717) is 12.8 Å². The smallest absolute Gasteiger partial charge is 0.313 e. The first-order valence-electron chi connectivity index (χ1n) is 8.18. The highest BCUT2D eigenvalue weighted by molar-refractivity contribution is 5.82. The van der Waals surface area contributed by atoms with Gasteiger partial charge in [0.25, 0.3) is 0 Å². The number of carboxylic acids is 1. The van der Waals surface area contributed by atoms with E-state index in [9.17, 15) is 14.7 Å². The Morgan fingerprint density at radius 3 is 2.00 bits per heavy atom. The zero-order valence-corrected chi connectivity index (χ0v) is 14.5. The van der Waals surface area contributed by atoms with Gasteiger partial charge in [-0.1, -0.05) is 58.0 Å². The predicted octanol–water partition coefficient (Wildman–Crippen LogP) is 4.28. The van der Waals surface area contributed by atoms with Crippen molar-refractivity contribution >= 4 is 11.9 Å². The number of carboxylic acid groups (broad SMARTS) is 1. The summed E-state index contributed by atoms with van der Waals surface area (Å²) in [6.45, 7) is 8.18. The van der Waals surface area contributed by atoms with Gasteiger partial charge in [0.15, 0.2) is 0 Å². The maximum absolute atomic E-state index is 12.8. The number of benzene rings is 1. The molecule has 0 aliphatic heterocycles. The van der Waals surface area contributed by atoms with Crippen LogP contribution < -0.4 is 0 Å². The van der Waals surface area contributed by atoms with E-state index in [1.54, 1.807) is 0 Å². The number of aliphatic carboxylic acids is 1. The molecule has 0 spiro atoms. The number of carbonyl (C=O) groups is 2.